The quantitative estimate of drug-likeness (QED) is 0.436. The van der Waals surface area contributed by atoms with E-state index in [1.54, 1.807) is 19.1 Å². The molecule has 1 heterocycles. The number of amides is 3. The highest BCUT2D eigenvalue weighted by Crippen LogP contribution is 2.34. The van der Waals surface area contributed by atoms with Crippen LogP contribution in [0.25, 0.3) is 0 Å². The van der Waals surface area contributed by atoms with Gasteiger partial charge in [0.15, 0.2) is 0 Å². The van der Waals surface area contributed by atoms with E-state index < -0.39 is 0 Å². The van der Waals surface area contributed by atoms with Crippen LogP contribution in [0.15, 0.2) is 72.8 Å². The molecule has 1 aliphatic rings. The number of likely N-dealkylation sites (tertiary alicyclic amines) is 1. The lowest BCUT2D eigenvalue weighted by molar-refractivity contribution is -0.126. The van der Waals surface area contributed by atoms with Crippen LogP contribution < -0.4 is 20.1 Å². The smallest absolute Gasteiger partial charge is 0.322 e. The number of carbonyl (C=O) groups excluding carboxylic acids is 2. The second kappa shape index (κ2) is 12.3. The molecule has 2 unspecified atom stereocenters. The van der Waals surface area contributed by atoms with Crippen LogP contribution in [0.1, 0.15) is 35.6 Å². The van der Waals surface area contributed by atoms with Gasteiger partial charge in [0.2, 0.25) is 5.91 Å². The van der Waals surface area contributed by atoms with E-state index in [0.717, 1.165) is 47.5 Å². The maximum absolute atomic E-state index is 13.5. The van der Waals surface area contributed by atoms with Gasteiger partial charge in [0, 0.05) is 18.8 Å². The zero-order valence-electron chi connectivity index (χ0n) is 21.7. The van der Waals surface area contributed by atoms with Crippen molar-refractivity contribution in [1.82, 2.24) is 10.2 Å². The Morgan fingerprint density at radius 1 is 0.919 bits per heavy atom. The molecule has 0 aromatic heterocycles. The van der Waals surface area contributed by atoms with Gasteiger partial charge in [-0.25, -0.2) is 4.79 Å². The van der Waals surface area contributed by atoms with Gasteiger partial charge in [-0.15, -0.1) is 0 Å². The van der Waals surface area contributed by atoms with Gasteiger partial charge in [0.1, 0.15) is 11.5 Å². The molecule has 7 nitrogen and oxygen atoms in total. The lowest BCUT2D eigenvalue weighted by Crippen LogP contribution is -2.48. The van der Waals surface area contributed by atoms with Crippen molar-refractivity contribution in [1.29, 1.82) is 0 Å². The minimum absolute atomic E-state index is 0.0153. The molecule has 0 aliphatic carbocycles. The van der Waals surface area contributed by atoms with Crippen LogP contribution in [0.3, 0.4) is 0 Å². The number of anilines is 1. The topological polar surface area (TPSA) is 79.9 Å². The number of hydrogen-bond donors (Lipinski definition) is 2. The molecule has 0 saturated carbocycles. The fourth-order valence-corrected chi connectivity index (χ4v) is 4.77. The lowest BCUT2D eigenvalue weighted by atomic mass is 9.88. The van der Waals surface area contributed by atoms with Crippen molar-refractivity contribution >= 4 is 17.6 Å². The molecule has 0 radical (unpaired) electrons. The monoisotopic (exact) mass is 501 g/mol. The van der Waals surface area contributed by atoms with Crippen LogP contribution >= 0.6 is 0 Å². The van der Waals surface area contributed by atoms with E-state index in [1.807, 2.05) is 67.6 Å². The highest BCUT2D eigenvalue weighted by Gasteiger charge is 2.35. The first-order valence-electron chi connectivity index (χ1n) is 12.7. The van der Waals surface area contributed by atoms with Crippen molar-refractivity contribution < 1.29 is 19.1 Å². The van der Waals surface area contributed by atoms with Crippen molar-refractivity contribution in [3.8, 4) is 11.5 Å². The van der Waals surface area contributed by atoms with Gasteiger partial charge in [-0.2, -0.15) is 0 Å². The first kappa shape index (κ1) is 26.1. The Kier molecular flexibility index (Phi) is 8.67. The van der Waals surface area contributed by atoms with Crippen LogP contribution in [0.4, 0.5) is 10.5 Å². The molecule has 2 atom stereocenters. The Hall–Kier alpha value is -4.00. The van der Waals surface area contributed by atoms with Crippen LogP contribution in [0.5, 0.6) is 11.5 Å². The van der Waals surface area contributed by atoms with Crippen LogP contribution in [-0.2, 0) is 11.2 Å². The summed E-state index contributed by atoms with van der Waals surface area (Å²) in [5.41, 5.74) is 4.04. The molecule has 0 bridgehead atoms. The molecule has 194 valence electrons. The molecule has 1 fully saturated rings. The highest BCUT2D eigenvalue weighted by molar-refractivity contribution is 5.90. The molecule has 2 N–H and O–H groups in total. The Morgan fingerprint density at radius 2 is 1.59 bits per heavy atom. The molecule has 4 rings (SSSR count). The molecule has 1 saturated heterocycles. The Balaban J connectivity index is 1.42. The van der Waals surface area contributed by atoms with Gasteiger partial charge in [-0.05, 0) is 73.7 Å². The van der Waals surface area contributed by atoms with Crippen LogP contribution in [0, 0.1) is 12.8 Å². The van der Waals surface area contributed by atoms with Crippen molar-refractivity contribution in [2.75, 3.05) is 32.6 Å². The van der Waals surface area contributed by atoms with E-state index in [2.05, 4.69) is 22.8 Å². The number of piperidine rings is 1. The van der Waals surface area contributed by atoms with Gasteiger partial charge < -0.3 is 25.0 Å². The summed E-state index contributed by atoms with van der Waals surface area (Å²) in [6.07, 6.45) is 2.17. The van der Waals surface area contributed by atoms with Crippen molar-refractivity contribution in [2.24, 2.45) is 5.92 Å². The van der Waals surface area contributed by atoms with E-state index in [-0.39, 0.29) is 23.9 Å². The van der Waals surface area contributed by atoms with Gasteiger partial charge in [0.05, 0.1) is 26.2 Å². The van der Waals surface area contributed by atoms with E-state index in [4.69, 9.17) is 9.47 Å². The van der Waals surface area contributed by atoms with Gasteiger partial charge in [-0.3, -0.25) is 4.79 Å². The summed E-state index contributed by atoms with van der Waals surface area (Å²) in [6, 6.07) is 23.0. The highest BCUT2D eigenvalue weighted by atomic mass is 16.5. The maximum Gasteiger partial charge on any atom is 0.322 e. The van der Waals surface area contributed by atoms with Gasteiger partial charge in [0.25, 0.3) is 0 Å². The molecular weight excluding hydrogens is 466 g/mol. The number of nitrogens with one attached hydrogen (secondary N) is 2. The zero-order chi connectivity index (χ0) is 26.2. The van der Waals surface area contributed by atoms with Crippen LogP contribution in [0.2, 0.25) is 0 Å². The number of carbonyl (C=O) groups is 2. The largest absolute Gasteiger partial charge is 0.497 e. The van der Waals surface area contributed by atoms with E-state index >= 15 is 0 Å². The number of rotatable bonds is 8. The predicted molar refractivity (Wildman–Crippen MR) is 145 cm³/mol. The first-order chi connectivity index (χ1) is 18.0. The molecule has 3 aromatic rings. The summed E-state index contributed by atoms with van der Waals surface area (Å²) in [4.78, 5) is 28.3. The van der Waals surface area contributed by atoms with E-state index in [0.29, 0.717) is 18.8 Å². The summed E-state index contributed by atoms with van der Waals surface area (Å²) in [7, 11) is 3.25. The predicted octanol–water partition coefficient (Wildman–Crippen LogP) is 5.36. The number of urea groups is 1. The average molecular weight is 502 g/mol. The molecule has 3 aromatic carbocycles. The molecule has 0 spiro atoms. The summed E-state index contributed by atoms with van der Waals surface area (Å²) < 4.78 is 10.4. The average Bonchev–Trinajstić information content (AvgIpc) is 2.93. The third kappa shape index (κ3) is 6.82. The van der Waals surface area contributed by atoms with E-state index in [9.17, 15) is 9.59 Å². The second-order valence-electron chi connectivity index (χ2n) is 9.40. The van der Waals surface area contributed by atoms with Gasteiger partial charge >= 0.3 is 6.03 Å². The minimum Gasteiger partial charge on any atom is -0.497 e. The molecule has 37 heavy (non-hydrogen) atoms. The zero-order valence-corrected chi connectivity index (χ0v) is 21.7. The fraction of sp³-hybridized carbons (Fsp3) is 0.333. The number of methoxy groups -OCH3 is 2. The van der Waals surface area contributed by atoms with Crippen molar-refractivity contribution in [3.05, 3.63) is 89.5 Å². The van der Waals surface area contributed by atoms with Gasteiger partial charge in [-0.1, -0.05) is 42.0 Å². The Labute approximate surface area is 218 Å². The second-order valence-corrected chi connectivity index (χ2v) is 9.40. The Bertz CT molecular complexity index is 1190. The molecular formula is C30H35N3O4. The van der Waals surface area contributed by atoms with Crippen LogP contribution in [-0.4, -0.2) is 44.1 Å². The van der Waals surface area contributed by atoms with Crippen molar-refractivity contribution in [2.45, 2.75) is 32.2 Å². The standard InChI is InChI=1S/C30H35N3O4/c1-21-5-4-6-23(19-21)28-16-9-24(29(34)31-18-17-22-7-12-26(36-2)13-8-22)20-33(28)30(35)32-25-10-14-27(37-3)15-11-25/h4-8,10-15,19,24,28H,9,16-18,20H2,1-3H3,(H,31,34)(H,32,35). The minimum atomic E-state index is -0.265. The van der Waals surface area contributed by atoms with Crippen molar-refractivity contribution in [3.63, 3.8) is 0 Å². The molecule has 1 aliphatic heterocycles. The summed E-state index contributed by atoms with van der Waals surface area (Å²) in [6.45, 7) is 2.95. The fourth-order valence-electron chi connectivity index (χ4n) is 4.77. The van der Waals surface area contributed by atoms with E-state index in [1.165, 1.54) is 0 Å². The number of ether oxygens (including phenoxy) is 2. The number of benzene rings is 3. The summed E-state index contributed by atoms with van der Waals surface area (Å²) >= 11 is 0. The SMILES string of the molecule is COc1ccc(CCNC(=O)C2CCC(c3cccc(C)c3)N(C(=O)Nc3ccc(OC)cc3)C2)cc1. The third-order valence-corrected chi connectivity index (χ3v) is 6.85. The normalized spacial score (nSPS) is 17.1. The summed E-state index contributed by atoms with van der Waals surface area (Å²) in [5.74, 6) is 1.25. The molecule has 7 heteroatoms. The third-order valence-electron chi connectivity index (χ3n) is 6.85. The number of nitrogens with zero attached hydrogens (tertiary/aromatic N) is 1. The Morgan fingerprint density at radius 3 is 2.24 bits per heavy atom. The first-order valence-corrected chi connectivity index (χ1v) is 12.7. The lowest BCUT2D eigenvalue weighted by Gasteiger charge is -2.39. The maximum atomic E-state index is 13.5. The summed E-state index contributed by atoms with van der Waals surface area (Å²) in [5, 5.41) is 6.07. The number of aryl methyl sites for hydroxylation is 1. The number of hydrogen-bond acceptors (Lipinski definition) is 4. The molecule has 3 amide bonds.